The number of carbonyl (C=O) groups is 1. The molecule has 24 heavy (non-hydrogen) atoms. The van der Waals surface area contributed by atoms with Gasteiger partial charge in [0.1, 0.15) is 5.00 Å². The Morgan fingerprint density at radius 1 is 1.33 bits per heavy atom. The molecule has 1 aliphatic rings. The number of hydrogen-bond donors (Lipinski definition) is 2. The van der Waals surface area contributed by atoms with Crippen LogP contribution in [0.25, 0.3) is 0 Å². The Bertz CT molecular complexity index is 795. The Balaban J connectivity index is 2.00. The van der Waals surface area contributed by atoms with Crippen molar-refractivity contribution in [2.24, 2.45) is 4.99 Å². The second-order valence-corrected chi connectivity index (χ2v) is 6.67. The Morgan fingerprint density at radius 3 is 2.92 bits per heavy atom. The lowest BCUT2D eigenvalue weighted by Gasteiger charge is -2.11. The van der Waals surface area contributed by atoms with Gasteiger partial charge in [-0.15, -0.1) is 11.3 Å². The summed E-state index contributed by atoms with van der Waals surface area (Å²) >= 11 is 1.50. The number of para-hydroxylation sites is 1. The van der Waals surface area contributed by atoms with E-state index in [2.05, 4.69) is 4.99 Å². The second-order valence-electron chi connectivity index (χ2n) is 5.58. The Morgan fingerprint density at radius 2 is 2.12 bits per heavy atom. The van der Waals surface area contributed by atoms with Gasteiger partial charge >= 0.3 is 5.97 Å². The molecule has 0 saturated carbocycles. The molecule has 0 unspecified atom stereocenters. The van der Waals surface area contributed by atoms with Crippen LogP contribution in [0.2, 0.25) is 0 Å². The van der Waals surface area contributed by atoms with Crippen LogP contribution in [-0.4, -0.2) is 29.0 Å². The third-order valence-electron chi connectivity index (χ3n) is 4.00. The van der Waals surface area contributed by atoms with Crippen molar-refractivity contribution in [2.75, 3.05) is 6.61 Å². The first-order valence-electron chi connectivity index (χ1n) is 7.98. The summed E-state index contributed by atoms with van der Waals surface area (Å²) < 4.78 is 5.19. The number of ether oxygens (including phenoxy) is 1. The number of esters is 1. The van der Waals surface area contributed by atoms with Gasteiger partial charge in [0.2, 0.25) is 0 Å². The summed E-state index contributed by atoms with van der Waals surface area (Å²) in [5.74, 6) is -0.764. The molecular weight excluding hydrogens is 326 g/mol. The lowest BCUT2D eigenvalue weighted by atomic mass is 9.95. The molecule has 1 aliphatic carbocycles. The number of aromatic hydroxyl groups is 2. The van der Waals surface area contributed by atoms with Crippen molar-refractivity contribution in [1.29, 1.82) is 0 Å². The predicted molar refractivity (Wildman–Crippen MR) is 93.9 cm³/mol. The van der Waals surface area contributed by atoms with E-state index in [1.54, 1.807) is 19.1 Å². The van der Waals surface area contributed by atoms with Gasteiger partial charge in [-0.25, -0.2) is 9.79 Å². The summed E-state index contributed by atoms with van der Waals surface area (Å²) in [6.45, 7) is 2.10. The van der Waals surface area contributed by atoms with Gasteiger partial charge in [-0.3, -0.25) is 0 Å². The number of phenols is 2. The second kappa shape index (κ2) is 7.05. The van der Waals surface area contributed by atoms with Crippen molar-refractivity contribution in [3.8, 4) is 11.5 Å². The molecule has 1 heterocycles. The molecule has 0 spiro atoms. The summed E-state index contributed by atoms with van der Waals surface area (Å²) in [7, 11) is 0. The first-order valence-corrected chi connectivity index (χ1v) is 8.80. The molecular formula is C18H19NO4S. The standard InChI is InChI=1S/C18H19NO4S/c1-2-23-18(22)15-12-7-3-4-9-14(12)24-17(15)19-10-11-6-5-8-13(20)16(11)21/h5-6,8,10,20-21H,2-4,7,9H2,1H3. The van der Waals surface area contributed by atoms with E-state index in [-0.39, 0.29) is 17.5 Å². The molecule has 0 bridgehead atoms. The third-order valence-corrected chi connectivity index (χ3v) is 5.20. The molecule has 0 saturated heterocycles. The smallest absolute Gasteiger partial charge is 0.341 e. The van der Waals surface area contributed by atoms with Gasteiger partial charge in [-0.1, -0.05) is 6.07 Å². The number of nitrogens with zero attached hydrogens (tertiary/aromatic N) is 1. The van der Waals surface area contributed by atoms with Crippen LogP contribution in [0.5, 0.6) is 11.5 Å². The van der Waals surface area contributed by atoms with E-state index >= 15 is 0 Å². The maximum absolute atomic E-state index is 12.4. The van der Waals surface area contributed by atoms with Gasteiger partial charge in [0.25, 0.3) is 0 Å². The summed E-state index contributed by atoms with van der Waals surface area (Å²) in [6, 6.07) is 4.68. The fourth-order valence-electron chi connectivity index (χ4n) is 2.84. The van der Waals surface area contributed by atoms with Crippen LogP contribution in [0.3, 0.4) is 0 Å². The van der Waals surface area contributed by atoms with Crippen molar-refractivity contribution < 1.29 is 19.7 Å². The van der Waals surface area contributed by atoms with E-state index in [1.165, 1.54) is 28.5 Å². The van der Waals surface area contributed by atoms with Crippen LogP contribution in [0.4, 0.5) is 5.00 Å². The van der Waals surface area contributed by atoms with Crippen LogP contribution >= 0.6 is 11.3 Å². The molecule has 2 N–H and O–H groups in total. The molecule has 0 amide bonds. The van der Waals surface area contributed by atoms with Crippen LogP contribution in [0.15, 0.2) is 23.2 Å². The maximum Gasteiger partial charge on any atom is 0.341 e. The highest BCUT2D eigenvalue weighted by atomic mass is 32.1. The molecule has 1 aromatic carbocycles. The highest BCUT2D eigenvalue weighted by Gasteiger charge is 2.26. The highest BCUT2D eigenvalue weighted by molar-refractivity contribution is 7.16. The van der Waals surface area contributed by atoms with Crippen LogP contribution in [0.1, 0.15) is 46.1 Å². The van der Waals surface area contributed by atoms with E-state index in [9.17, 15) is 15.0 Å². The number of aliphatic imine (C=N–C) groups is 1. The number of phenolic OH excluding ortho intramolecular Hbond substituents is 2. The lowest BCUT2D eigenvalue weighted by molar-refractivity contribution is 0.0526. The number of carbonyl (C=O) groups excluding carboxylic acids is 1. The topological polar surface area (TPSA) is 79.1 Å². The number of benzene rings is 1. The molecule has 0 atom stereocenters. The molecule has 0 fully saturated rings. The first-order chi connectivity index (χ1) is 11.6. The van der Waals surface area contributed by atoms with Crippen LogP contribution < -0.4 is 0 Å². The quantitative estimate of drug-likeness (QED) is 0.499. The fraction of sp³-hybridized carbons (Fsp3) is 0.333. The van der Waals surface area contributed by atoms with Crippen molar-refractivity contribution in [3.05, 3.63) is 39.8 Å². The van der Waals surface area contributed by atoms with E-state index in [0.717, 1.165) is 31.2 Å². The SMILES string of the molecule is CCOC(=O)c1c(N=Cc2cccc(O)c2O)sc2c1CCCC2. The minimum atomic E-state index is -0.343. The third kappa shape index (κ3) is 3.14. The summed E-state index contributed by atoms with van der Waals surface area (Å²) in [5.41, 5.74) is 2.00. The molecule has 126 valence electrons. The zero-order valence-electron chi connectivity index (χ0n) is 13.4. The Hall–Kier alpha value is -2.34. The molecule has 0 radical (unpaired) electrons. The molecule has 1 aromatic heterocycles. The largest absolute Gasteiger partial charge is 0.504 e. The van der Waals surface area contributed by atoms with Crippen molar-refractivity contribution >= 4 is 28.5 Å². The predicted octanol–water partition coefficient (Wildman–Crippen LogP) is 3.97. The normalized spacial score (nSPS) is 13.9. The lowest BCUT2D eigenvalue weighted by Crippen LogP contribution is -2.09. The average molecular weight is 345 g/mol. The number of fused-ring (bicyclic) bond motifs is 1. The van der Waals surface area contributed by atoms with Crippen LogP contribution in [-0.2, 0) is 17.6 Å². The minimum Gasteiger partial charge on any atom is -0.504 e. The van der Waals surface area contributed by atoms with Gasteiger partial charge in [0.15, 0.2) is 11.5 Å². The minimum absolute atomic E-state index is 0.199. The zero-order chi connectivity index (χ0) is 17.1. The number of thiophene rings is 1. The Kier molecular flexibility index (Phi) is 4.85. The molecule has 0 aliphatic heterocycles. The summed E-state index contributed by atoms with van der Waals surface area (Å²) in [6.07, 6.45) is 5.47. The number of aryl methyl sites for hydroxylation is 1. The molecule has 6 heteroatoms. The van der Waals surface area contributed by atoms with Gasteiger partial charge in [-0.2, -0.15) is 0 Å². The van der Waals surface area contributed by atoms with Gasteiger partial charge < -0.3 is 14.9 Å². The van der Waals surface area contributed by atoms with Gasteiger partial charge in [-0.05, 0) is 50.3 Å². The van der Waals surface area contributed by atoms with Crippen molar-refractivity contribution in [2.45, 2.75) is 32.6 Å². The van der Waals surface area contributed by atoms with E-state index in [0.29, 0.717) is 22.7 Å². The van der Waals surface area contributed by atoms with E-state index in [4.69, 9.17) is 4.74 Å². The summed E-state index contributed by atoms with van der Waals surface area (Å²) in [5, 5.41) is 20.0. The fourth-order valence-corrected chi connectivity index (χ4v) is 4.06. The molecule has 5 nitrogen and oxygen atoms in total. The zero-order valence-corrected chi connectivity index (χ0v) is 14.2. The first kappa shape index (κ1) is 16.5. The van der Waals surface area contributed by atoms with Crippen molar-refractivity contribution in [3.63, 3.8) is 0 Å². The van der Waals surface area contributed by atoms with Gasteiger partial charge in [0.05, 0.1) is 12.2 Å². The van der Waals surface area contributed by atoms with Crippen molar-refractivity contribution in [1.82, 2.24) is 0 Å². The van der Waals surface area contributed by atoms with E-state index in [1.807, 2.05) is 0 Å². The number of hydrogen-bond acceptors (Lipinski definition) is 6. The summed E-state index contributed by atoms with van der Waals surface area (Å²) in [4.78, 5) is 18.0. The van der Waals surface area contributed by atoms with E-state index < -0.39 is 0 Å². The highest BCUT2D eigenvalue weighted by Crippen LogP contribution is 2.40. The molecule has 2 aromatic rings. The Labute approximate surface area is 144 Å². The van der Waals surface area contributed by atoms with Gasteiger partial charge in [0, 0.05) is 16.7 Å². The number of rotatable bonds is 4. The maximum atomic E-state index is 12.4. The monoisotopic (exact) mass is 345 g/mol. The van der Waals surface area contributed by atoms with Crippen LogP contribution in [0, 0.1) is 0 Å². The molecule has 3 rings (SSSR count). The average Bonchev–Trinajstić information content (AvgIpc) is 2.95.